The first kappa shape index (κ1) is 14.0. The molecule has 3 unspecified atom stereocenters. The fourth-order valence-electron chi connectivity index (χ4n) is 4.14. The largest absolute Gasteiger partial charge is 0.411 e. The number of oxime groups is 1. The quantitative estimate of drug-likeness (QED) is 0.653. The summed E-state index contributed by atoms with van der Waals surface area (Å²) in [6, 6.07) is 10.7. The van der Waals surface area contributed by atoms with E-state index in [1.54, 1.807) is 0 Å². The number of benzene rings is 1. The van der Waals surface area contributed by atoms with Gasteiger partial charge < -0.3 is 5.21 Å². The zero-order chi connectivity index (χ0) is 14.4. The van der Waals surface area contributed by atoms with E-state index in [-0.39, 0.29) is 4.75 Å². The van der Waals surface area contributed by atoms with E-state index in [0.717, 1.165) is 17.9 Å². The van der Waals surface area contributed by atoms with E-state index in [1.807, 2.05) is 0 Å². The third kappa shape index (κ3) is 1.82. The molecule has 4 rings (SSSR count). The van der Waals surface area contributed by atoms with Gasteiger partial charge in [-0.1, -0.05) is 56.3 Å². The highest BCUT2D eigenvalue weighted by atomic mass is 32.2. The van der Waals surface area contributed by atoms with Gasteiger partial charge in [-0.2, -0.15) is 0 Å². The summed E-state index contributed by atoms with van der Waals surface area (Å²) in [5.41, 5.74) is 2.72. The third-order valence-corrected chi connectivity index (χ3v) is 7.82. The Labute approximate surface area is 125 Å². The molecule has 3 saturated carbocycles. The summed E-state index contributed by atoms with van der Waals surface area (Å²) in [6.07, 6.45) is 2.23. The minimum absolute atomic E-state index is 0.229. The summed E-state index contributed by atoms with van der Waals surface area (Å²) in [6.45, 7) is 7.03. The lowest BCUT2D eigenvalue weighted by Crippen LogP contribution is -2.67. The Morgan fingerprint density at radius 2 is 2.00 bits per heavy atom. The van der Waals surface area contributed by atoms with Crippen LogP contribution in [0, 0.1) is 17.3 Å². The molecule has 1 N–H and O–H groups in total. The molecule has 0 spiro atoms. The first-order valence-electron chi connectivity index (χ1n) is 7.40. The Morgan fingerprint density at radius 1 is 1.30 bits per heavy atom. The van der Waals surface area contributed by atoms with Crippen molar-refractivity contribution in [3.63, 3.8) is 0 Å². The highest BCUT2D eigenvalue weighted by Crippen LogP contribution is 2.69. The maximum Gasteiger partial charge on any atom is 0.0615 e. The van der Waals surface area contributed by atoms with E-state index in [4.69, 9.17) is 0 Å². The molecule has 0 aromatic heterocycles. The Kier molecular flexibility index (Phi) is 3.36. The van der Waals surface area contributed by atoms with Crippen LogP contribution in [0.1, 0.15) is 39.2 Å². The van der Waals surface area contributed by atoms with E-state index >= 15 is 0 Å². The first-order valence-corrected chi connectivity index (χ1v) is 8.38. The van der Waals surface area contributed by atoms with Crippen LogP contribution in [0.15, 0.2) is 35.5 Å². The SMILES string of the molecule is CC1C(=NO)CC2CC1(SCc1ccccc1)C2(C)C. The zero-order valence-electron chi connectivity index (χ0n) is 12.5. The van der Waals surface area contributed by atoms with Crippen molar-refractivity contribution in [1.29, 1.82) is 0 Å². The Bertz CT molecular complexity index is 525. The molecule has 3 aliphatic rings. The zero-order valence-corrected chi connectivity index (χ0v) is 13.3. The van der Waals surface area contributed by atoms with Gasteiger partial charge in [0.25, 0.3) is 0 Å². The minimum atomic E-state index is 0.229. The molecule has 1 aromatic rings. The molecular formula is C17H23NOS. The van der Waals surface area contributed by atoms with Crippen LogP contribution in [0.4, 0.5) is 0 Å². The molecule has 2 nitrogen and oxygen atoms in total. The normalized spacial score (nSPS) is 36.6. The van der Waals surface area contributed by atoms with Crippen LogP contribution in [0.2, 0.25) is 0 Å². The smallest absolute Gasteiger partial charge is 0.0615 e. The van der Waals surface area contributed by atoms with Gasteiger partial charge in [0.1, 0.15) is 0 Å². The van der Waals surface area contributed by atoms with Crippen molar-refractivity contribution in [2.24, 2.45) is 22.4 Å². The molecule has 0 radical (unpaired) electrons. The molecule has 3 aliphatic carbocycles. The molecule has 0 saturated heterocycles. The van der Waals surface area contributed by atoms with Gasteiger partial charge in [0.15, 0.2) is 0 Å². The summed E-state index contributed by atoms with van der Waals surface area (Å²) in [5, 5.41) is 12.8. The lowest BCUT2D eigenvalue weighted by atomic mass is 9.44. The number of nitrogens with zero attached hydrogens (tertiary/aromatic N) is 1. The first-order chi connectivity index (χ1) is 9.51. The molecule has 1 aromatic carbocycles. The highest BCUT2D eigenvalue weighted by molar-refractivity contribution is 8.00. The van der Waals surface area contributed by atoms with E-state index < -0.39 is 0 Å². The fourth-order valence-corrected chi connectivity index (χ4v) is 6.00. The van der Waals surface area contributed by atoms with Crippen LogP contribution in [0.25, 0.3) is 0 Å². The van der Waals surface area contributed by atoms with Crippen molar-refractivity contribution in [3.8, 4) is 0 Å². The fraction of sp³-hybridized carbons (Fsp3) is 0.588. The van der Waals surface area contributed by atoms with Crippen molar-refractivity contribution < 1.29 is 5.21 Å². The van der Waals surface area contributed by atoms with Gasteiger partial charge >= 0.3 is 0 Å². The van der Waals surface area contributed by atoms with Crippen LogP contribution in [0.5, 0.6) is 0 Å². The highest BCUT2D eigenvalue weighted by Gasteiger charge is 2.66. The average Bonchev–Trinajstić information content (AvgIpc) is 2.46. The Morgan fingerprint density at radius 3 is 2.60 bits per heavy atom. The second-order valence-electron chi connectivity index (χ2n) is 6.80. The van der Waals surface area contributed by atoms with Crippen molar-refractivity contribution in [1.82, 2.24) is 0 Å². The maximum atomic E-state index is 9.25. The van der Waals surface area contributed by atoms with Crippen LogP contribution in [-0.4, -0.2) is 15.7 Å². The average molecular weight is 289 g/mol. The Hall–Kier alpha value is -0.960. The molecule has 2 bridgehead atoms. The second kappa shape index (κ2) is 4.80. The van der Waals surface area contributed by atoms with E-state index in [0.29, 0.717) is 17.3 Å². The summed E-state index contributed by atoms with van der Waals surface area (Å²) in [7, 11) is 0. The van der Waals surface area contributed by atoms with Crippen molar-refractivity contribution in [2.75, 3.05) is 0 Å². The van der Waals surface area contributed by atoms with Gasteiger partial charge in [-0.25, -0.2) is 0 Å². The van der Waals surface area contributed by atoms with E-state index in [2.05, 4.69) is 68.0 Å². The number of rotatable bonds is 3. The third-order valence-electron chi connectivity index (χ3n) is 5.78. The van der Waals surface area contributed by atoms with Crippen LogP contribution in [-0.2, 0) is 5.75 Å². The van der Waals surface area contributed by atoms with Crippen molar-refractivity contribution >= 4 is 17.5 Å². The predicted octanol–water partition coefficient (Wildman–Crippen LogP) is 4.57. The number of hydrogen-bond donors (Lipinski definition) is 1. The second-order valence-corrected chi connectivity index (χ2v) is 8.11. The standard InChI is InChI=1S/C17H23NOS/c1-12-15(18-19)9-14-10-17(12,16(14,2)3)20-11-13-7-5-4-6-8-13/h4-8,12,14,19H,9-11H2,1-3H3. The molecule has 0 amide bonds. The lowest BCUT2D eigenvalue weighted by Gasteiger charge is -2.68. The van der Waals surface area contributed by atoms with Crippen LogP contribution >= 0.6 is 11.8 Å². The van der Waals surface area contributed by atoms with Gasteiger partial charge in [-0.15, -0.1) is 11.8 Å². The van der Waals surface area contributed by atoms with E-state index in [1.165, 1.54) is 12.0 Å². The molecule has 3 fully saturated rings. The molecule has 3 atom stereocenters. The molecule has 20 heavy (non-hydrogen) atoms. The van der Waals surface area contributed by atoms with E-state index in [9.17, 15) is 5.21 Å². The number of thioether (sulfide) groups is 1. The van der Waals surface area contributed by atoms with Gasteiger partial charge in [-0.3, -0.25) is 0 Å². The Balaban J connectivity index is 1.82. The summed E-state index contributed by atoms with van der Waals surface area (Å²) < 4.78 is 0.229. The maximum absolute atomic E-state index is 9.25. The van der Waals surface area contributed by atoms with Gasteiger partial charge in [0, 0.05) is 16.4 Å². The topological polar surface area (TPSA) is 32.6 Å². The predicted molar refractivity (Wildman–Crippen MR) is 85.4 cm³/mol. The van der Waals surface area contributed by atoms with Crippen molar-refractivity contribution in [2.45, 2.75) is 44.1 Å². The summed E-state index contributed by atoms with van der Waals surface area (Å²) in [4.78, 5) is 0. The summed E-state index contributed by atoms with van der Waals surface area (Å²) in [5.74, 6) is 2.08. The molecule has 0 heterocycles. The number of hydrogen-bond acceptors (Lipinski definition) is 3. The minimum Gasteiger partial charge on any atom is -0.411 e. The molecule has 108 valence electrons. The van der Waals surface area contributed by atoms with Crippen molar-refractivity contribution in [3.05, 3.63) is 35.9 Å². The molecule has 3 heteroatoms. The number of fused-ring (bicyclic) bond motifs is 2. The summed E-state index contributed by atoms with van der Waals surface area (Å²) >= 11 is 2.06. The molecule has 0 aliphatic heterocycles. The lowest BCUT2D eigenvalue weighted by molar-refractivity contribution is -0.0224. The van der Waals surface area contributed by atoms with Gasteiger partial charge in [0.2, 0.25) is 0 Å². The van der Waals surface area contributed by atoms with Crippen LogP contribution < -0.4 is 0 Å². The van der Waals surface area contributed by atoms with Gasteiger partial charge in [0.05, 0.1) is 5.71 Å². The monoisotopic (exact) mass is 289 g/mol. The molecular weight excluding hydrogens is 266 g/mol. The van der Waals surface area contributed by atoms with Crippen LogP contribution in [0.3, 0.4) is 0 Å². The van der Waals surface area contributed by atoms with Gasteiger partial charge in [-0.05, 0) is 29.7 Å².